The number of para-hydroxylation sites is 1. The minimum absolute atomic E-state index is 0.193. The first kappa shape index (κ1) is 14.8. The van der Waals surface area contributed by atoms with E-state index in [9.17, 15) is 15.0 Å². The van der Waals surface area contributed by atoms with Gasteiger partial charge in [-0.05, 0) is 30.3 Å². The molecule has 6 heteroatoms. The van der Waals surface area contributed by atoms with E-state index >= 15 is 0 Å². The second-order valence-corrected chi connectivity index (χ2v) is 4.89. The molecule has 0 bridgehead atoms. The number of carbonyl (C=O) groups is 1. The predicted octanol–water partition coefficient (Wildman–Crippen LogP) is 2.01. The van der Waals surface area contributed by atoms with Gasteiger partial charge in [0, 0.05) is 18.2 Å². The number of carbonyl (C=O) groups excluding carboxylic acids is 1. The van der Waals surface area contributed by atoms with Crippen LogP contribution in [0.25, 0.3) is 0 Å². The first-order valence-electron chi connectivity index (χ1n) is 6.10. The monoisotopic (exact) mass is 302 g/mol. The Morgan fingerprint density at radius 1 is 1.14 bits per heavy atom. The lowest BCUT2D eigenvalue weighted by molar-refractivity contribution is 0.0992. The van der Waals surface area contributed by atoms with Gasteiger partial charge in [-0.25, -0.2) is 0 Å². The summed E-state index contributed by atoms with van der Waals surface area (Å²) in [6.07, 6.45) is 0. The number of amides is 1. The Balaban J connectivity index is 2.40. The van der Waals surface area contributed by atoms with Crippen molar-refractivity contribution in [2.24, 2.45) is 5.73 Å². The number of benzene rings is 2. The Kier molecular flexibility index (Phi) is 4.09. The van der Waals surface area contributed by atoms with Gasteiger partial charge >= 0.3 is 0 Å². The number of hydrogen-bond donors (Lipinski definition) is 3. The molecule has 2 rings (SSSR count). The Labute approximate surface area is 127 Å². The number of phenolic OH excluding ortho intramolecular Hbond substituents is 2. The summed E-state index contributed by atoms with van der Waals surface area (Å²) in [5, 5.41) is 18.8. The van der Waals surface area contributed by atoms with Crippen LogP contribution in [0.3, 0.4) is 0 Å². The van der Waals surface area contributed by atoms with Gasteiger partial charge in [0.15, 0.2) is 11.5 Å². The highest BCUT2D eigenvalue weighted by atomic mass is 32.1. The van der Waals surface area contributed by atoms with Crippen LogP contribution in [0.15, 0.2) is 42.5 Å². The van der Waals surface area contributed by atoms with Crippen LogP contribution in [-0.2, 0) is 0 Å². The van der Waals surface area contributed by atoms with Crippen LogP contribution >= 0.6 is 12.2 Å². The molecule has 0 heterocycles. The number of aromatic hydroxyl groups is 2. The summed E-state index contributed by atoms with van der Waals surface area (Å²) in [6.45, 7) is 0. The standard InChI is InChI=1S/C15H14N2O3S/c1-17(11-5-3-2-4-10(11)14(16)21)15(20)9-6-7-12(18)13(19)8-9/h2-8,18-19H,1H3,(H2,16,21). The SMILES string of the molecule is CN(C(=O)c1ccc(O)c(O)c1)c1ccccc1C(N)=S. The first-order chi connectivity index (χ1) is 9.91. The van der Waals surface area contributed by atoms with Gasteiger partial charge in [0.25, 0.3) is 5.91 Å². The van der Waals surface area contributed by atoms with Crippen LogP contribution in [0, 0.1) is 0 Å². The van der Waals surface area contributed by atoms with E-state index < -0.39 is 0 Å². The molecule has 2 aromatic rings. The lowest BCUT2D eigenvalue weighted by Gasteiger charge is -2.20. The van der Waals surface area contributed by atoms with Gasteiger partial charge in [-0.2, -0.15) is 0 Å². The lowest BCUT2D eigenvalue weighted by Crippen LogP contribution is -2.28. The van der Waals surface area contributed by atoms with Crippen molar-refractivity contribution in [2.75, 3.05) is 11.9 Å². The zero-order valence-corrected chi connectivity index (χ0v) is 12.1. The lowest BCUT2D eigenvalue weighted by atomic mass is 10.1. The van der Waals surface area contributed by atoms with Gasteiger partial charge < -0.3 is 20.8 Å². The Hall–Kier alpha value is -2.60. The number of thiocarbonyl (C=S) groups is 1. The van der Waals surface area contributed by atoms with E-state index in [1.807, 2.05) is 0 Å². The molecule has 0 aliphatic rings. The molecule has 0 saturated heterocycles. The average molecular weight is 302 g/mol. The molecule has 0 atom stereocenters. The third-order valence-electron chi connectivity index (χ3n) is 3.06. The fourth-order valence-electron chi connectivity index (χ4n) is 1.93. The molecule has 108 valence electrons. The van der Waals surface area contributed by atoms with Crippen LogP contribution in [-0.4, -0.2) is 28.2 Å². The molecular formula is C15H14N2O3S. The van der Waals surface area contributed by atoms with Gasteiger partial charge in [-0.15, -0.1) is 0 Å². The van der Waals surface area contributed by atoms with Crippen molar-refractivity contribution in [3.63, 3.8) is 0 Å². The van der Waals surface area contributed by atoms with Crippen LogP contribution in [0.2, 0.25) is 0 Å². The molecule has 1 amide bonds. The van der Waals surface area contributed by atoms with Gasteiger partial charge in [0.2, 0.25) is 0 Å². The van der Waals surface area contributed by atoms with E-state index in [1.54, 1.807) is 31.3 Å². The van der Waals surface area contributed by atoms with Crippen LogP contribution in [0.1, 0.15) is 15.9 Å². The normalized spacial score (nSPS) is 10.1. The van der Waals surface area contributed by atoms with Gasteiger partial charge in [-0.1, -0.05) is 24.4 Å². The predicted molar refractivity (Wildman–Crippen MR) is 84.8 cm³/mol. The number of nitrogens with zero attached hydrogens (tertiary/aromatic N) is 1. The molecule has 0 radical (unpaired) electrons. The maximum atomic E-state index is 12.4. The van der Waals surface area contributed by atoms with Crippen molar-refractivity contribution < 1.29 is 15.0 Å². The summed E-state index contributed by atoms with van der Waals surface area (Å²) in [7, 11) is 1.59. The Morgan fingerprint density at radius 2 is 1.81 bits per heavy atom. The maximum absolute atomic E-state index is 12.4. The van der Waals surface area contributed by atoms with Crippen LogP contribution in [0.4, 0.5) is 5.69 Å². The second kappa shape index (κ2) is 5.80. The zero-order valence-electron chi connectivity index (χ0n) is 11.3. The summed E-state index contributed by atoms with van der Waals surface area (Å²) < 4.78 is 0. The number of anilines is 1. The minimum atomic E-state index is -0.353. The molecule has 0 unspecified atom stereocenters. The fraction of sp³-hybridized carbons (Fsp3) is 0.0667. The van der Waals surface area contributed by atoms with E-state index in [0.717, 1.165) is 0 Å². The summed E-state index contributed by atoms with van der Waals surface area (Å²) in [6, 6.07) is 10.9. The molecule has 0 spiro atoms. The Bertz CT molecular complexity index is 716. The highest BCUT2D eigenvalue weighted by Gasteiger charge is 2.18. The quantitative estimate of drug-likeness (QED) is 0.596. The van der Waals surface area contributed by atoms with E-state index in [4.69, 9.17) is 18.0 Å². The van der Waals surface area contributed by atoms with Gasteiger partial charge in [-0.3, -0.25) is 4.79 Å². The smallest absolute Gasteiger partial charge is 0.258 e. The number of phenols is 2. The molecule has 5 nitrogen and oxygen atoms in total. The molecule has 0 fully saturated rings. The number of nitrogens with two attached hydrogens (primary N) is 1. The van der Waals surface area contributed by atoms with Crippen molar-refractivity contribution >= 4 is 28.8 Å². The third-order valence-corrected chi connectivity index (χ3v) is 3.28. The van der Waals surface area contributed by atoms with Gasteiger partial charge in [0.1, 0.15) is 4.99 Å². The van der Waals surface area contributed by atoms with Crippen LogP contribution < -0.4 is 10.6 Å². The molecule has 0 aliphatic heterocycles. The summed E-state index contributed by atoms with van der Waals surface area (Å²) in [4.78, 5) is 14.0. The summed E-state index contributed by atoms with van der Waals surface area (Å²) >= 11 is 4.98. The molecule has 4 N–H and O–H groups in total. The van der Waals surface area contributed by atoms with Gasteiger partial charge in [0.05, 0.1) is 5.69 Å². The van der Waals surface area contributed by atoms with Crippen molar-refractivity contribution in [2.45, 2.75) is 0 Å². The summed E-state index contributed by atoms with van der Waals surface area (Å²) in [5.41, 5.74) is 7.06. The molecule has 2 aromatic carbocycles. The third kappa shape index (κ3) is 2.95. The first-order valence-corrected chi connectivity index (χ1v) is 6.51. The molecule has 0 saturated carbocycles. The van der Waals surface area contributed by atoms with Crippen molar-refractivity contribution in [3.8, 4) is 11.5 Å². The zero-order chi connectivity index (χ0) is 15.6. The highest BCUT2D eigenvalue weighted by Crippen LogP contribution is 2.27. The minimum Gasteiger partial charge on any atom is -0.504 e. The van der Waals surface area contributed by atoms with Crippen LogP contribution in [0.5, 0.6) is 11.5 Å². The van der Waals surface area contributed by atoms with Crippen molar-refractivity contribution in [3.05, 3.63) is 53.6 Å². The van der Waals surface area contributed by atoms with E-state index in [-0.39, 0.29) is 28.0 Å². The second-order valence-electron chi connectivity index (χ2n) is 4.45. The number of hydrogen-bond acceptors (Lipinski definition) is 4. The highest BCUT2D eigenvalue weighted by molar-refractivity contribution is 7.80. The van der Waals surface area contributed by atoms with E-state index in [0.29, 0.717) is 11.3 Å². The van der Waals surface area contributed by atoms with E-state index in [2.05, 4.69) is 0 Å². The molecule has 0 aromatic heterocycles. The topological polar surface area (TPSA) is 86.8 Å². The Morgan fingerprint density at radius 3 is 2.43 bits per heavy atom. The van der Waals surface area contributed by atoms with Crippen molar-refractivity contribution in [1.29, 1.82) is 0 Å². The molecule has 0 aliphatic carbocycles. The average Bonchev–Trinajstić information content (AvgIpc) is 2.48. The fourth-order valence-corrected chi connectivity index (χ4v) is 2.11. The number of rotatable bonds is 3. The maximum Gasteiger partial charge on any atom is 0.258 e. The summed E-state index contributed by atoms with van der Waals surface area (Å²) in [5.74, 6) is -0.983. The molecule has 21 heavy (non-hydrogen) atoms. The largest absolute Gasteiger partial charge is 0.504 e. The van der Waals surface area contributed by atoms with Crippen molar-refractivity contribution in [1.82, 2.24) is 0 Å². The van der Waals surface area contributed by atoms with E-state index in [1.165, 1.54) is 23.1 Å². The molecular weight excluding hydrogens is 288 g/mol.